The first-order valence-electron chi connectivity index (χ1n) is 12.4. The van der Waals surface area contributed by atoms with Gasteiger partial charge in [0.1, 0.15) is 11.5 Å². The summed E-state index contributed by atoms with van der Waals surface area (Å²) in [5.74, 6) is 0.702. The third-order valence-electron chi connectivity index (χ3n) is 5.88. The van der Waals surface area contributed by atoms with Crippen molar-refractivity contribution in [2.24, 2.45) is 0 Å². The molecule has 0 radical (unpaired) electrons. The third kappa shape index (κ3) is 13.1. The van der Waals surface area contributed by atoms with Gasteiger partial charge in [0, 0.05) is 13.2 Å². The summed E-state index contributed by atoms with van der Waals surface area (Å²) in [6.07, 6.45) is 17.4. The molecule has 0 aromatic heterocycles. The van der Waals surface area contributed by atoms with Gasteiger partial charge in [0.05, 0.1) is 0 Å². The van der Waals surface area contributed by atoms with Crippen molar-refractivity contribution in [3.05, 3.63) is 59.7 Å². The van der Waals surface area contributed by atoms with Crippen LogP contribution in [0.5, 0.6) is 11.5 Å². The van der Waals surface area contributed by atoms with Crippen LogP contribution in [0.2, 0.25) is 0 Å². The van der Waals surface area contributed by atoms with Crippen LogP contribution in [0.1, 0.15) is 88.2 Å². The Morgan fingerprint density at radius 3 is 1.13 bits per heavy atom. The van der Waals surface area contributed by atoms with Gasteiger partial charge in [0.15, 0.2) is 0 Å². The molecule has 172 valence electrons. The van der Waals surface area contributed by atoms with E-state index in [0.717, 1.165) is 26.1 Å². The fraction of sp³-hybridized carbons (Fsp3) is 0.571. The quantitative estimate of drug-likeness (QED) is 0.241. The summed E-state index contributed by atoms with van der Waals surface area (Å²) in [6.45, 7) is 1.83. The Hall–Kier alpha value is -2.00. The van der Waals surface area contributed by atoms with E-state index in [9.17, 15) is 10.2 Å². The highest BCUT2D eigenvalue weighted by molar-refractivity contribution is 5.26. The summed E-state index contributed by atoms with van der Waals surface area (Å²) >= 11 is 0. The largest absolute Gasteiger partial charge is 0.508 e. The van der Waals surface area contributed by atoms with E-state index in [2.05, 4.69) is 0 Å². The summed E-state index contributed by atoms with van der Waals surface area (Å²) < 4.78 is 5.78. The lowest BCUT2D eigenvalue weighted by Gasteiger charge is -2.06. The van der Waals surface area contributed by atoms with E-state index in [1.807, 2.05) is 24.3 Å². The van der Waals surface area contributed by atoms with Crippen LogP contribution in [0, 0.1) is 0 Å². The molecule has 0 heterocycles. The average molecular weight is 427 g/mol. The van der Waals surface area contributed by atoms with Gasteiger partial charge in [0.2, 0.25) is 0 Å². The molecule has 0 spiro atoms. The molecular weight excluding hydrogens is 384 g/mol. The minimum Gasteiger partial charge on any atom is -0.508 e. The van der Waals surface area contributed by atoms with Crippen molar-refractivity contribution in [1.82, 2.24) is 0 Å². The molecule has 0 bridgehead atoms. The number of benzene rings is 2. The monoisotopic (exact) mass is 426 g/mol. The van der Waals surface area contributed by atoms with Crippen LogP contribution in [-0.2, 0) is 17.6 Å². The molecule has 2 rings (SSSR count). The molecule has 2 aromatic rings. The Labute approximate surface area is 189 Å². The molecule has 3 heteroatoms. The van der Waals surface area contributed by atoms with Crippen LogP contribution in [0.4, 0.5) is 0 Å². The molecular formula is C28H42O3. The highest BCUT2D eigenvalue weighted by atomic mass is 16.5. The molecule has 0 aliphatic heterocycles. The summed E-state index contributed by atoms with van der Waals surface area (Å²) in [4.78, 5) is 0. The van der Waals surface area contributed by atoms with Crippen LogP contribution >= 0.6 is 0 Å². The summed E-state index contributed by atoms with van der Waals surface area (Å²) in [5.41, 5.74) is 2.64. The number of rotatable bonds is 18. The van der Waals surface area contributed by atoms with Crippen LogP contribution in [0.25, 0.3) is 0 Å². The van der Waals surface area contributed by atoms with Gasteiger partial charge in [-0.3, -0.25) is 0 Å². The van der Waals surface area contributed by atoms with Gasteiger partial charge in [-0.2, -0.15) is 0 Å². The van der Waals surface area contributed by atoms with E-state index in [1.54, 1.807) is 24.3 Å². The van der Waals surface area contributed by atoms with Crippen molar-refractivity contribution < 1.29 is 14.9 Å². The molecule has 31 heavy (non-hydrogen) atoms. The van der Waals surface area contributed by atoms with E-state index in [0.29, 0.717) is 11.5 Å². The van der Waals surface area contributed by atoms with Gasteiger partial charge in [-0.15, -0.1) is 0 Å². The zero-order valence-electron chi connectivity index (χ0n) is 19.2. The number of phenols is 2. The Morgan fingerprint density at radius 1 is 0.419 bits per heavy atom. The zero-order valence-corrected chi connectivity index (χ0v) is 19.2. The van der Waals surface area contributed by atoms with Crippen LogP contribution in [0.3, 0.4) is 0 Å². The van der Waals surface area contributed by atoms with E-state index in [-0.39, 0.29) is 0 Å². The average Bonchev–Trinajstić information content (AvgIpc) is 2.78. The lowest BCUT2D eigenvalue weighted by atomic mass is 10.0. The van der Waals surface area contributed by atoms with E-state index < -0.39 is 0 Å². The van der Waals surface area contributed by atoms with Gasteiger partial charge in [-0.1, -0.05) is 75.6 Å². The maximum atomic E-state index is 9.29. The van der Waals surface area contributed by atoms with Crippen molar-refractivity contribution in [3.63, 3.8) is 0 Å². The number of hydrogen-bond acceptors (Lipinski definition) is 3. The Bertz CT molecular complexity index is 604. The normalized spacial score (nSPS) is 11.1. The van der Waals surface area contributed by atoms with E-state index in [4.69, 9.17) is 4.74 Å². The zero-order chi connectivity index (χ0) is 22.0. The lowest BCUT2D eigenvalue weighted by molar-refractivity contribution is 0.125. The second-order valence-electron chi connectivity index (χ2n) is 8.69. The fourth-order valence-corrected chi connectivity index (χ4v) is 3.91. The maximum absolute atomic E-state index is 9.29. The first kappa shape index (κ1) is 25.3. The smallest absolute Gasteiger partial charge is 0.115 e. The van der Waals surface area contributed by atoms with Gasteiger partial charge in [-0.25, -0.2) is 0 Å². The highest BCUT2D eigenvalue weighted by Gasteiger charge is 1.97. The lowest BCUT2D eigenvalue weighted by Crippen LogP contribution is -1.97. The van der Waals surface area contributed by atoms with Gasteiger partial charge in [-0.05, 0) is 73.9 Å². The molecule has 3 nitrogen and oxygen atoms in total. The van der Waals surface area contributed by atoms with Gasteiger partial charge < -0.3 is 14.9 Å². The molecule has 0 aliphatic rings. The topological polar surface area (TPSA) is 49.7 Å². The van der Waals surface area contributed by atoms with E-state index >= 15 is 0 Å². The molecule has 0 fully saturated rings. The number of unbranched alkanes of at least 4 members (excludes halogenated alkanes) is 10. The summed E-state index contributed by atoms with van der Waals surface area (Å²) in [6, 6.07) is 15.2. The second kappa shape index (κ2) is 16.7. The van der Waals surface area contributed by atoms with Crippen LogP contribution in [-0.4, -0.2) is 23.4 Å². The Kier molecular flexibility index (Phi) is 13.6. The molecule has 0 saturated carbocycles. The van der Waals surface area contributed by atoms with Crippen LogP contribution in [0.15, 0.2) is 48.5 Å². The predicted octanol–water partition coefficient (Wildman–Crippen LogP) is 7.58. The number of hydrogen-bond donors (Lipinski definition) is 2. The third-order valence-corrected chi connectivity index (χ3v) is 5.88. The Balaban J connectivity index is 1.26. The molecule has 0 saturated heterocycles. The van der Waals surface area contributed by atoms with Crippen LogP contribution < -0.4 is 0 Å². The number of aromatic hydroxyl groups is 2. The second-order valence-corrected chi connectivity index (χ2v) is 8.69. The molecule has 2 N–H and O–H groups in total. The number of ether oxygens (including phenoxy) is 1. The summed E-state index contributed by atoms with van der Waals surface area (Å²) in [5, 5.41) is 18.6. The first-order valence-corrected chi connectivity index (χ1v) is 12.4. The van der Waals surface area contributed by atoms with Gasteiger partial charge >= 0.3 is 0 Å². The molecule has 0 atom stereocenters. The number of phenolic OH excluding ortho intramolecular Hbond substituents is 2. The first-order chi connectivity index (χ1) is 15.2. The standard InChI is InChI=1S/C28H42O3/c29-27-19-15-25(16-20-27)13-9-5-1-3-7-11-23-31-24-12-8-4-2-6-10-14-26-17-21-28(30)22-18-26/h15-22,29-30H,1-14,23-24H2. The SMILES string of the molecule is Oc1ccc(CCCCCCCCOCCCCCCCCc2ccc(O)cc2)cc1. The van der Waals surface area contributed by atoms with Crippen molar-refractivity contribution in [1.29, 1.82) is 0 Å². The molecule has 0 amide bonds. The minimum absolute atomic E-state index is 0.351. The molecule has 0 unspecified atom stereocenters. The maximum Gasteiger partial charge on any atom is 0.115 e. The van der Waals surface area contributed by atoms with Crippen molar-refractivity contribution in [3.8, 4) is 11.5 Å². The van der Waals surface area contributed by atoms with Gasteiger partial charge in [0.25, 0.3) is 0 Å². The highest BCUT2D eigenvalue weighted by Crippen LogP contribution is 2.15. The van der Waals surface area contributed by atoms with E-state index in [1.165, 1.54) is 88.2 Å². The number of aryl methyl sites for hydroxylation is 2. The Morgan fingerprint density at radius 2 is 0.742 bits per heavy atom. The predicted molar refractivity (Wildman–Crippen MR) is 130 cm³/mol. The molecule has 2 aromatic carbocycles. The van der Waals surface area contributed by atoms with Crippen molar-refractivity contribution in [2.45, 2.75) is 89.9 Å². The fourth-order valence-electron chi connectivity index (χ4n) is 3.91. The summed E-state index contributed by atoms with van der Waals surface area (Å²) in [7, 11) is 0. The minimum atomic E-state index is 0.351. The molecule has 0 aliphatic carbocycles. The van der Waals surface area contributed by atoms with Crippen molar-refractivity contribution >= 4 is 0 Å². The van der Waals surface area contributed by atoms with Crippen molar-refractivity contribution in [2.75, 3.05) is 13.2 Å².